The van der Waals surface area contributed by atoms with E-state index in [0.29, 0.717) is 18.7 Å². The van der Waals surface area contributed by atoms with Crippen LogP contribution >= 0.6 is 12.2 Å². The van der Waals surface area contributed by atoms with Crippen molar-refractivity contribution < 1.29 is 26.3 Å². The first-order valence-corrected chi connectivity index (χ1v) is 8.89. The number of ether oxygens (including phenoxy) is 1. The monoisotopic (exact) mass is 382 g/mol. The average molecular weight is 382 g/mol. The van der Waals surface area contributed by atoms with Gasteiger partial charge in [0.1, 0.15) is 0 Å². The third-order valence-electron chi connectivity index (χ3n) is 3.39. The third-order valence-corrected chi connectivity index (χ3v) is 4.87. The summed E-state index contributed by atoms with van der Waals surface area (Å²) in [5.41, 5.74) is -5.33. The minimum absolute atomic E-state index is 0.138. The van der Waals surface area contributed by atoms with Gasteiger partial charge in [0.05, 0.1) is 12.3 Å². The number of rotatable bonds is 4. The number of nitrogens with zero attached hydrogens (tertiary/aromatic N) is 1. The molecule has 1 saturated heterocycles. The fraction of sp³-hybridized carbons (Fsp3) is 0.500. The summed E-state index contributed by atoms with van der Waals surface area (Å²) < 4.78 is 67.4. The molecule has 1 heterocycles. The maximum atomic E-state index is 12.6. The number of nitrogens with one attached hydrogen (secondary N) is 1. The topological polar surface area (TPSA) is 58.6 Å². The van der Waals surface area contributed by atoms with Gasteiger partial charge in [0.2, 0.25) is 0 Å². The Kier molecular flexibility index (Phi) is 5.01. The molecule has 1 aromatic rings. The molecule has 1 fully saturated rings. The van der Waals surface area contributed by atoms with E-state index in [9.17, 15) is 21.6 Å². The minimum atomic E-state index is -5.48. The number of benzene rings is 1. The number of para-hydroxylation sites is 1. The minimum Gasteiger partial charge on any atom is -0.470 e. The normalized spacial score (nSPS) is 18.2. The molecule has 0 bridgehead atoms. The maximum absolute atomic E-state index is 12.6. The van der Waals surface area contributed by atoms with Crippen LogP contribution in [0.5, 0.6) is 0 Å². The second-order valence-corrected chi connectivity index (χ2v) is 8.31. The summed E-state index contributed by atoms with van der Waals surface area (Å²) in [5, 5.41) is 0.239. The fourth-order valence-corrected chi connectivity index (χ4v) is 3.05. The van der Waals surface area contributed by atoms with Gasteiger partial charge in [-0.25, -0.2) is 0 Å². The summed E-state index contributed by atoms with van der Waals surface area (Å²) in [7, 11) is -5.48. The molecule has 0 amide bonds. The Morgan fingerprint density at radius 2 is 1.96 bits per heavy atom. The lowest BCUT2D eigenvalue weighted by molar-refractivity contribution is -0.0429. The molecule has 1 aromatic carbocycles. The SMILES string of the molecule is CC1(C)COC(=S)N(Cc2ccccc2NS(=O)(=O)C(F)(F)F)C1. The molecule has 0 radical (unpaired) electrons. The van der Waals surface area contributed by atoms with Gasteiger partial charge < -0.3 is 9.64 Å². The molecule has 24 heavy (non-hydrogen) atoms. The quantitative estimate of drug-likeness (QED) is 0.811. The van der Waals surface area contributed by atoms with E-state index in [4.69, 9.17) is 17.0 Å². The fourth-order valence-electron chi connectivity index (χ4n) is 2.26. The first kappa shape index (κ1) is 18.8. The summed E-state index contributed by atoms with van der Waals surface area (Å²) in [4.78, 5) is 1.69. The van der Waals surface area contributed by atoms with Crippen LogP contribution in [0.25, 0.3) is 0 Å². The molecule has 2 rings (SSSR count). The molecule has 1 aliphatic rings. The van der Waals surface area contributed by atoms with Gasteiger partial charge in [0.25, 0.3) is 5.17 Å². The molecule has 1 N–H and O–H groups in total. The molecule has 0 aromatic heterocycles. The lowest BCUT2D eigenvalue weighted by Crippen LogP contribution is -2.46. The van der Waals surface area contributed by atoms with Crippen molar-refractivity contribution in [1.29, 1.82) is 0 Å². The number of anilines is 1. The summed E-state index contributed by atoms with van der Waals surface area (Å²) in [5.74, 6) is 0. The zero-order valence-corrected chi connectivity index (χ0v) is 14.7. The van der Waals surface area contributed by atoms with Crippen LogP contribution in [0, 0.1) is 5.41 Å². The smallest absolute Gasteiger partial charge is 0.470 e. The standard InChI is InChI=1S/C14H17F3N2O3S2/c1-13(2)8-19(12(23)22-9-13)7-10-5-3-4-6-11(10)18-24(20,21)14(15,16)17/h3-6,18H,7-9H2,1-2H3. The molecule has 0 spiro atoms. The van der Waals surface area contributed by atoms with E-state index in [1.165, 1.54) is 12.1 Å². The molecule has 134 valence electrons. The third kappa shape index (κ3) is 4.29. The number of thiocarbonyl (C=S) groups is 1. The predicted octanol–water partition coefficient (Wildman–Crippen LogP) is 3.09. The molecular formula is C14H17F3N2O3S2. The second kappa shape index (κ2) is 6.40. The van der Waals surface area contributed by atoms with Crippen LogP contribution in [0.3, 0.4) is 0 Å². The van der Waals surface area contributed by atoms with Gasteiger partial charge >= 0.3 is 15.5 Å². The van der Waals surface area contributed by atoms with Gasteiger partial charge in [-0.2, -0.15) is 21.6 Å². The van der Waals surface area contributed by atoms with E-state index in [0.717, 1.165) is 0 Å². The van der Waals surface area contributed by atoms with Gasteiger partial charge in [-0.3, -0.25) is 4.72 Å². The first-order chi connectivity index (χ1) is 10.9. The van der Waals surface area contributed by atoms with Crippen molar-refractivity contribution >= 4 is 33.1 Å². The lowest BCUT2D eigenvalue weighted by atomic mass is 9.93. The summed E-state index contributed by atoms with van der Waals surface area (Å²) in [6.45, 7) is 5.08. The van der Waals surface area contributed by atoms with E-state index in [2.05, 4.69) is 0 Å². The number of hydrogen-bond acceptors (Lipinski definition) is 4. The lowest BCUT2D eigenvalue weighted by Gasteiger charge is -2.39. The van der Waals surface area contributed by atoms with Crippen molar-refractivity contribution in [3.8, 4) is 0 Å². The Hall–Kier alpha value is -1.55. The van der Waals surface area contributed by atoms with E-state index in [-0.39, 0.29) is 22.8 Å². The van der Waals surface area contributed by atoms with Crippen LogP contribution < -0.4 is 4.72 Å². The first-order valence-electron chi connectivity index (χ1n) is 7.00. The second-order valence-electron chi connectivity index (χ2n) is 6.28. The maximum Gasteiger partial charge on any atom is 0.516 e. The van der Waals surface area contributed by atoms with Crippen molar-refractivity contribution in [3.05, 3.63) is 29.8 Å². The number of alkyl halides is 3. The number of sulfonamides is 1. The van der Waals surface area contributed by atoms with Crippen molar-refractivity contribution in [2.24, 2.45) is 5.41 Å². The zero-order chi connectivity index (χ0) is 18.2. The van der Waals surface area contributed by atoms with E-state index in [1.54, 1.807) is 21.8 Å². The highest BCUT2D eigenvalue weighted by atomic mass is 32.2. The highest BCUT2D eigenvalue weighted by molar-refractivity contribution is 7.93. The van der Waals surface area contributed by atoms with Gasteiger partial charge in [-0.15, -0.1) is 0 Å². The van der Waals surface area contributed by atoms with E-state index >= 15 is 0 Å². The molecule has 10 heteroatoms. The predicted molar refractivity (Wildman–Crippen MR) is 87.8 cm³/mol. The van der Waals surface area contributed by atoms with Gasteiger partial charge in [0, 0.05) is 18.5 Å². The Morgan fingerprint density at radius 1 is 1.33 bits per heavy atom. The van der Waals surface area contributed by atoms with Gasteiger partial charge in [-0.05, 0) is 23.8 Å². The highest BCUT2D eigenvalue weighted by Crippen LogP contribution is 2.29. The van der Waals surface area contributed by atoms with E-state index in [1.807, 2.05) is 13.8 Å². The summed E-state index contributed by atoms with van der Waals surface area (Å²) in [6, 6.07) is 5.88. The van der Waals surface area contributed by atoms with Crippen LogP contribution in [0.2, 0.25) is 0 Å². The van der Waals surface area contributed by atoms with Crippen LogP contribution in [0.15, 0.2) is 24.3 Å². The van der Waals surface area contributed by atoms with Crippen molar-refractivity contribution in [1.82, 2.24) is 4.90 Å². The molecule has 0 aliphatic carbocycles. The summed E-state index contributed by atoms with van der Waals surface area (Å²) in [6.07, 6.45) is 0. The molecule has 0 atom stereocenters. The molecule has 0 unspecified atom stereocenters. The van der Waals surface area contributed by atoms with E-state index < -0.39 is 15.5 Å². The van der Waals surface area contributed by atoms with Crippen LogP contribution in [0.1, 0.15) is 19.4 Å². The van der Waals surface area contributed by atoms with Gasteiger partial charge in [0.15, 0.2) is 0 Å². The van der Waals surface area contributed by atoms with Crippen LogP contribution in [-0.4, -0.2) is 37.2 Å². The van der Waals surface area contributed by atoms with Crippen molar-refractivity contribution in [2.75, 3.05) is 17.9 Å². The average Bonchev–Trinajstić information content (AvgIpc) is 2.43. The molecule has 5 nitrogen and oxygen atoms in total. The molecular weight excluding hydrogens is 365 g/mol. The molecule has 1 aliphatic heterocycles. The van der Waals surface area contributed by atoms with Crippen molar-refractivity contribution in [2.45, 2.75) is 25.9 Å². The van der Waals surface area contributed by atoms with Crippen LogP contribution in [-0.2, 0) is 21.3 Å². The largest absolute Gasteiger partial charge is 0.516 e. The Labute approximate surface area is 143 Å². The Bertz CT molecular complexity index is 733. The van der Waals surface area contributed by atoms with Gasteiger partial charge in [-0.1, -0.05) is 32.0 Å². The Morgan fingerprint density at radius 3 is 2.58 bits per heavy atom. The highest BCUT2D eigenvalue weighted by Gasteiger charge is 2.46. The Balaban J connectivity index is 2.25. The summed E-state index contributed by atoms with van der Waals surface area (Å²) >= 11 is 5.13. The van der Waals surface area contributed by atoms with Crippen LogP contribution in [0.4, 0.5) is 18.9 Å². The zero-order valence-electron chi connectivity index (χ0n) is 13.1. The van der Waals surface area contributed by atoms with Crippen molar-refractivity contribution in [3.63, 3.8) is 0 Å². The number of halogens is 3. The molecule has 0 saturated carbocycles. The number of hydrogen-bond donors (Lipinski definition) is 1.